The molecule has 5 nitrogen and oxygen atoms in total. The van der Waals surface area contributed by atoms with Gasteiger partial charge < -0.3 is 10.4 Å². The van der Waals surface area contributed by atoms with Crippen LogP contribution in [-0.4, -0.2) is 34.0 Å². The van der Waals surface area contributed by atoms with Crippen LogP contribution in [0, 0.1) is 0 Å². The van der Waals surface area contributed by atoms with E-state index in [1.54, 1.807) is 0 Å². The summed E-state index contributed by atoms with van der Waals surface area (Å²) in [5, 5.41) is 16.4. The Balaban J connectivity index is 1.68. The number of nitrogens with zero attached hydrogens (tertiary/aromatic N) is 2. The van der Waals surface area contributed by atoms with Crippen molar-refractivity contribution in [3.8, 4) is 0 Å². The number of hydrogen-bond acceptors (Lipinski definition) is 5. The number of amides is 1. The summed E-state index contributed by atoms with van der Waals surface area (Å²) in [5.74, 6) is -0.0974. The standard InChI is InChI=1S/C19H25N3O2S/c1-3-17(16-13-25-18(21-16)20-14(2)23)22-11-9-19(24,10-12-22)15-7-5-4-6-8-15/h4-8,13,17,24H,3,9-12H2,1-2H3,(H,20,21,23). The number of carbonyl (C=O) groups excluding carboxylic acids is 1. The van der Waals surface area contributed by atoms with E-state index in [1.165, 1.54) is 18.3 Å². The average Bonchev–Trinajstić information content (AvgIpc) is 3.05. The summed E-state index contributed by atoms with van der Waals surface area (Å²) in [4.78, 5) is 18.2. The van der Waals surface area contributed by atoms with Crippen molar-refractivity contribution < 1.29 is 9.90 Å². The second-order valence-corrected chi connectivity index (χ2v) is 7.47. The van der Waals surface area contributed by atoms with Gasteiger partial charge in [-0.3, -0.25) is 9.69 Å². The Bertz CT molecular complexity index is 708. The van der Waals surface area contributed by atoms with Crippen molar-refractivity contribution in [2.24, 2.45) is 0 Å². The molecule has 0 spiro atoms. The number of rotatable bonds is 5. The molecule has 1 aromatic carbocycles. The van der Waals surface area contributed by atoms with Gasteiger partial charge in [-0.05, 0) is 24.8 Å². The van der Waals surface area contributed by atoms with E-state index < -0.39 is 5.60 Å². The molecule has 1 aliphatic rings. The molecule has 0 saturated carbocycles. The summed E-state index contributed by atoms with van der Waals surface area (Å²) in [5.41, 5.74) is 1.27. The number of aromatic nitrogens is 1. The van der Waals surface area contributed by atoms with Gasteiger partial charge in [0.25, 0.3) is 0 Å². The third kappa shape index (κ3) is 4.08. The van der Waals surface area contributed by atoms with Crippen LogP contribution < -0.4 is 5.32 Å². The molecule has 25 heavy (non-hydrogen) atoms. The molecule has 0 bridgehead atoms. The van der Waals surface area contributed by atoms with Gasteiger partial charge in [0.2, 0.25) is 5.91 Å². The van der Waals surface area contributed by atoms with Gasteiger partial charge in [-0.2, -0.15) is 0 Å². The number of nitrogens with one attached hydrogen (secondary N) is 1. The Morgan fingerprint density at radius 3 is 2.64 bits per heavy atom. The normalized spacial score (nSPS) is 18.7. The zero-order chi connectivity index (χ0) is 17.9. The zero-order valence-corrected chi connectivity index (χ0v) is 15.6. The van der Waals surface area contributed by atoms with E-state index in [-0.39, 0.29) is 11.9 Å². The van der Waals surface area contributed by atoms with Crippen LogP contribution in [0.1, 0.15) is 50.4 Å². The number of piperidine rings is 1. The average molecular weight is 359 g/mol. The molecule has 2 N–H and O–H groups in total. The van der Waals surface area contributed by atoms with Gasteiger partial charge in [-0.25, -0.2) is 4.98 Å². The molecule has 1 fully saturated rings. The molecular weight excluding hydrogens is 334 g/mol. The number of carbonyl (C=O) groups is 1. The maximum absolute atomic E-state index is 11.2. The fourth-order valence-corrected chi connectivity index (χ4v) is 4.35. The molecule has 1 amide bonds. The fourth-order valence-electron chi connectivity index (χ4n) is 3.54. The van der Waals surface area contributed by atoms with Gasteiger partial charge in [-0.15, -0.1) is 11.3 Å². The maximum atomic E-state index is 11.2. The predicted octanol–water partition coefficient (Wildman–Crippen LogP) is 3.54. The lowest BCUT2D eigenvalue weighted by Crippen LogP contribution is -2.44. The van der Waals surface area contributed by atoms with Crippen molar-refractivity contribution in [2.75, 3.05) is 18.4 Å². The van der Waals surface area contributed by atoms with E-state index >= 15 is 0 Å². The highest BCUT2D eigenvalue weighted by atomic mass is 32.1. The van der Waals surface area contributed by atoms with Crippen LogP contribution in [0.4, 0.5) is 5.13 Å². The van der Waals surface area contributed by atoms with Crippen molar-refractivity contribution in [3.63, 3.8) is 0 Å². The van der Waals surface area contributed by atoms with Gasteiger partial charge in [0.15, 0.2) is 5.13 Å². The third-order valence-corrected chi connectivity index (χ3v) is 5.69. The minimum absolute atomic E-state index is 0.0974. The molecule has 3 rings (SSSR count). The van der Waals surface area contributed by atoms with Crippen molar-refractivity contribution in [2.45, 2.75) is 44.8 Å². The molecule has 2 heterocycles. The lowest BCUT2D eigenvalue weighted by Gasteiger charge is -2.41. The number of likely N-dealkylation sites (tertiary alicyclic amines) is 1. The van der Waals surface area contributed by atoms with Crippen LogP contribution in [0.25, 0.3) is 0 Å². The van der Waals surface area contributed by atoms with Crippen molar-refractivity contribution in [1.29, 1.82) is 0 Å². The maximum Gasteiger partial charge on any atom is 0.223 e. The molecule has 134 valence electrons. The molecule has 1 aliphatic heterocycles. The summed E-state index contributed by atoms with van der Waals surface area (Å²) >= 11 is 1.46. The highest BCUT2D eigenvalue weighted by molar-refractivity contribution is 7.13. The Hall–Kier alpha value is -1.76. The quantitative estimate of drug-likeness (QED) is 0.857. The largest absolute Gasteiger partial charge is 0.385 e. The van der Waals surface area contributed by atoms with E-state index in [2.05, 4.69) is 22.1 Å². The summed E-state index contributed by atoms with van der Waals surface area (Å²) in [6, 6.07) is 10.2. The lowest BCUT2D eigenvalue weighted by molar-refractivity contribution is -0.114. The van der Waals surface area contributed by atoms with Crippen LogP contribution in [0.3, 0.4) is 0 Å². The molecule has 0 radical (unpaired) electrons. The number of hydrogen-bond donors (Lipinski definition) is 2. The molecular formula is C19H25N3O2S. The SMILES string of the molecule is CCC(c1csc(NC(C)=O)n1)N1CCC(O)(c2ccccc2)CC1. The van der Waals surface area contributed by atoms with Gasteiger partial charge in [-0.1, -0.05) is 37.3 Å². The highest BCUT2D eigenvalue weighted by Gasteiger charge is 2.36. The molecule has 1 saturated heterocycles. The van der Waals surface area contributed by atoms with Gasteiger partial charge in [0.05, 0.1) is 17.3 Å². The van der Waals surface area contributed by atoms with E-state index in [4.69, 9.17) is 0 Å². The first kappa shape index (κ1) is 18.0. The topological polar surface area (TPSA) is 65.5 Å². The summed E-state index contributed by atoms with van der Waals surface area (Å²) in [6.45, 7) is 5.31. The number of aliphatic hydroxyl groups is 1. The molecule has 1 aromatic heterocycles. The molecule has 6 heteroatoms. The summed E-state index contributed by atoms with van der Waals surface area (Å²) in [6.07, 6.45) is 2.39. The fraction of sp³-hybridized carbons (Fsp3) is 0.474. The van der Waals surface area contributed by atoms with E-state index in [0.717, 1.165) is 43.6 Å². The van der Waals surface area contributed by atoms with Crippen LogP contribution in [0.15, 0.2) is 35.7 Å². The Morgan fingerprint density at radius 2 is 2.04 bits per heavy atom. The summed E-state index contributed by atoms with van der Waals surface area (Å²) in [7, 11) is 0. The predicted molar refractivity (Wildman–Crippen MR) is 101 cm³/mol. The second kappa shape index (κ2) is 7.64. The molecule has 2 aromatic rings. The first-order chi connectivity index (χ1) is 12.0. The third-order valence-electron chi connectivity index (χ3n) is 4.91. The number of thiazole rings is 1. The van der Waals surface area contributed by atoms with E-state index in [0.29, 0.717) is 5.13 Å². The smallest absolute Gasteiger partial charge is 0.223 e. The lowest BCUT2D eigenvalue weighted by atomic mass is 9.84. The van der Waals surface area contributed by atoms with Crippen molar-refractivity contribution >= 4 is 22.4 Å². The minimum atomic E-state index is -0.737. The summed E-state index contributed by atoms with van der Waals surface area (Å²) < 4.78 is 0. The molecule has 0 aliphatic carbocycles. The van der Waals surface area contributed by atoms with Crippen molar-refractivity contribution in [3.05, 3.63) is 47.0 Å². The number of anilines is 1. The first-order valence-electron chi connectivity index (χ1n) is 8.77. The van der Waals surface area contributed by atoms with Gasteiger partial charge in [0.1, 0.15) is 0 Å². The minimum Gasteiger partial charge on any atom is -0.385 e. The monoisotopic (exact) mass is 359 g/mol. The molecule has 1 unspecified atom stereocenters. The Kier molecular flexibility index (Phi) is 5.51. The second-order valence-electron chi connectivity index (χ2n) is 6.62. The van der Waals surface area contributed by atoms with Crippen molar-refractivity contribution in [1.82, 2.24) is 9.88 Å². The van der Waals surface area contributed by atoms with E-state index in [1.807, 2.05) is 35.7 Å². The zero-order valence-electron chi connectivity index (χ0n) is 14.7. The van der Waals surface area contributed by atoms with E-state index in [9.17, 15) is 9.90 Å². The van der Waals surface area contributed by atoms with Gasteiger partial charge >= 0.3 is 0 Å². The van der Waals surface area contributed by atoms with Crippen LogP contribution in [0.5, 0.6) is 0 Å². The number of benzene rings is 1. The van der Waals surface area contributed by atoms with Crippen LogP contribution >= 0.6 is 11.3 Å². The Labute approximate surface area is 152 Å². The van der Waals surface area contributed by atoms with Crippen LogP contribution in [0.2, 0.25) is 0 Å². The van der Waals surface area contributed by atoms with Gasteiger partial charge in [0, 0.05) is 25.4 Å². The van der Waals surface area contributed by atoms with Crippen LogP contribution in [-0.2, 0) is 10.4 Å². The highest BCUT2D eigenvalue weighted by Crippen LogP contribution is 2.37. The molecule has 1 atom stereocenters. The Morgan fingerprint density at radius 1 is 1.36 bits per heavy atom. The first-order valence-corrected chi connectivity index (χ1v) is 9.65.